The molecule has 0 bridgehead atoms. The maximum atomic E-state index is 13.2. The number of hydrogen-bond donors (Lipinski definition) is 2. The van der Waals surface area contributed by atoms with Crippen molar-refractivity contribution in [1.29, 1.82) is 0 Å². The Morgan fingerprint density at radius 1 is 1.06 bits per heavy atom. The summed E-state index contributed by atoms with van der Waals surface area (Å²) in [4.78, 5) is 54.9. The first-order valence-electron chi connectivity index (χ1n) is 12.3. The summed E-state index contributed by atoms with van der Waals surface area (Å²) in [7, 11) is 0. The number of rotatable bonds is 9. The Morgan fingerprint density at radius 2 is 1.79 bits per heavy atom. The number of nitrogens with one attached hydrogen (secondary N) is 2. The number of likely N-dealkylation sites (tertiary alicyclic amines) is 2. The summed E-state index contributed by atoms with van der Waals surface area (Å²) in [6, 6.07) is -0.588. The van der Waals surface area contributed by atoms with E-state index in [1.54, 1.807) is 11.0 Å². The van der Waals surface area contributed by atoms with Crippen molar-refractivity contribution in [3.63, 3.8) is 0 Å². The second-order valence-electron chi connectivity index (χ2n) is 10.1. The van der Waals surface area contributed by atoms with Crippen LogP contribution in [0.4, 0.5) is 0 Å². The van der Waals surface area contributed by atoms with Crippen LogP contribution in [0.5, 0.6) is 0 Å². The van der Waals surface area contributed by atoms with Gasteiger partial charge in [0.05, 0.1) is 0 Å². The summed E-state index contributed by atoms with van der Waals surface area (Å²) in [5.74, 6) is -0.214. The van der Waals surface area contributed by atoms with Gasteiger partial charge in [0.2, 0.25) is 17.7 Å². The maximum Gasteiger partial charge on any atom is 0.256 e. The molecule has 182 valence electrons. The van der Waals surface area contributed by atoms with E-state index in [0.29, 0.717) is 30.6 Å². The zero-order chi connectivity index (χ0) is 23.6. The average molecular weight is 477 g/mol. The summed E-state index contributed by atoms with van der Waals surface area (Å²) in [6.07, 6.45) is 8.21. The zero-order valence-corrected chi connectivity index (χ0v) is 20.3. The molecule has 0 aromatic rings. The zero-order valence-electron chi connectivity index (χ0n) is 19.5. The SMILES string of the molecule is C=CC1CC1(NC(=O)[C@@H]1CCCN1C(=O)CCC(=O)N1CCCC(C)C1)C(=O)NSC1CC1. The Hall–Kier alpha value is -2.03. The van der Waals surface area contributed by atoms with Gasteiger partial charge < -0.3 is 15.1 Å². The molecule has 2 saturated carbocycles. The van der Waals surface area contributed by atoms with Crippen molar-refractivity contribution in [2.45, 2.75) is 81.5 Å². The molecule has 2 saturated heterocycles. The molecule has 3 unspecified atom stereocenters. The number of hydrogen-bond acceptors (Lipinski definition) is 5. The molecule has 0 aromatic heterocycles. The molecule has 4 amide bonds. The van der Waals surface area contributed by atoms with Crippen LogP contribution >= 0.6 is 11.9 Å². The molecular weight excluding hydrogens is 440 g/mol. The fourth-order valence-corrected chi connectivity index (χ4v) is 5.85. The molecule has 4 atom stereocenters. The molecule has 0 radical (unpaired) electrons. The summed E-state index contributed by atoms with van der Waals surface area (Å²) >= 11 is 1.43. The third-order valence-corrected chi connectivity index (χ3v) is 8.44. The maximum absolute atomic E-state index is 13.2. The van der Waals surface area contributed by atoms with Gasteiger partial charge in [-0.25, -0.2) is 0 Å². The molecule has 4 fully saturated rings. The number of carbonyl (C=O) groups is 4. The van der Waals surface area contributed by atoms with Gasteiger partial charge in [0, 0.05) is 43.6 Å². The number of nitrogens with zero attached hydrogens (tertiary/aromatic N) is 2. The van der Waals surface area contributed by atoms with Crippen LogP contribution in [0.15, 0.2) is 12.7 Å². The highest BCUT2D eigenvalue weighted by Gasteiger charge is 2.60. The van der Waals surface area contributed by atoms with Gasteiger partial charge >= 0.3 is 0 Å². The summed E-state index contributed by atoms with van der Waals surface area (Å²) < 4.78 is 2.90. The molecule has 9 heteroatoms. The van der Waals surface area contributed by atoms with Crippen molar-refractivity contribution in [2.75, 3.05) is 19.6 Å². The van der Waals surface area contributed by atoms with E-state index < -0.39 is 11.6 Å². The van der Waals surface area contributed by atoms with Crippen molar-refractivity contribution in [1.82, 2.24) is 19.8 Å². The van der Waals surface area contributed by atoms with Crippen LogP contribution in [0, 0.1) is 11.8 Å². The van der Waals surface area contributed by atoms with E-state index in [4.69, 9.17) is 0 Å². The first-order chi connectivity index (χ1) is 15.8. The second-order valence-corrected chi connectivity index (χ2v) is 11.2. The third-order valence-electron chi connectivity index (χ3n) is 7.33. The van der Waals surface area contributed by atoms with Crippen LogP contribution < -0.4 is 10.0 Å². The first-order valence-corrected chi connectivity index (χ1v) is 13.2. The van der Waals surface area contributed by atoms with Gasteiger partial charge in [-0.3, -0.25) is 23.9 Å². The van der Waals surface area contributed by atoms with Crippen LogP contribution in [0.2, 0.25) is 0 Å². The van der Waals surface area contributed by atoms with Crippen molar-refractivity contribution < 1.29 is 19.2 Å². The smallest absolute Gasteiger partial charge is 0.256 e. The van der Waals surface area contributed by atoms with E-state index >= 15 is 0 Å². The monoisotopic (exact) mass is 476 g/mol. The third kappa shape index (κ3) is 5.55. The molecular formula is C24H36N4O4S. The first kappa shape index (κ1) is 24.1. The molecule has 2 heterocycles. The van der Waals surface area contributed by atoms with Crippen molar-refractivity contribution in [3.05, 3.63) is 12.7 Å². The molecule has 0 spiro atoms. The van der Waals surface area contributed by atoms with Gasteiger partial charge in [-0.2, -0.15) is 0 Å². The normalized spacial score (nSPS) is 31.1. The Balaban J connectivity index is 1.30. The lowest BCUT2D eigenvalue weighted by atomic mass is 10.00. The highest BCUT2D eigenvalue weighted by Crippen LogP contribution is 2.46. The summed E-state index contributed by atoms with van der Waals surface area (Å²) in [5.41, 5.74) is -0.959. The minimum atomic E-state index is -0.959. The predicted octanol–water partition coefficient (Wildman–Crippen LogP) is 2.00. The fourth-order valence-electron chi connectivity index (χ4n) is 5.02. The predicted molar refractivity (Wildman–Crippen MR) is 127 cm³/mol. The number of carbonyl (C=O) groups excluding carboxylic acids is 4. The molecule has 0 aromatic carbocycles. The summed E-state index contributed by atoms with van der Waals surface area (Å²) in [6.45, 7) is 7.98. The van der Waals surface area contributed by atoms with Crippen molar-refractivity contribution in [2.24, 2.45) is 11.8 Å². The second kappa shape index (κ2) is 10.1. The van der Waals surface area contributed by atoms with Crippen LogP contribution in [0.25, 0.3) is 0 Å². The van der Waals surface area contributed by atoms with Gasteiger partial charge in [-0.15, -0.1) is 6.58 Å². The Kier molecular flexibility index (Phi) is 7.36. The van der Waals surface area contributed by atoms with Gasteiger partial charge in [-0.05, 0) is 62.8 Å². The van der Waals surface area contributed by atoms with Gasteiger partial charge in [0.15, 0.2) is 0 Å². The van der Waals surface area contributed by atoms with Crippen LogP contribution in [0.3, 0.4) is 0 Å². The Bertz CT molecular complexity index is 816. The highest BCUT2D eigenvalue weighted by molar-refractivity contribution is 7.98. The lowest BCUT2D eigenvalue weighted by molar-refractivity contribution is -0.141. The van der Waals surface area contributed by atoms with Crippen molar-refractivity contribution >= 4 is 35.6 Å². The minimum Gasteiger partial charge on any atom is -0.342 e. The van der Waals surface area contributed by atoms with Gasteiger partial charge in [0.1, 0.15) is 11.6 Å². The average Bonchev–Trinajstić information content (AvgIpc) is 3.71. The van der Waals surface area contributed by atoms with E-state index in [-0.39, 0.29) is 42.4 Å². The fraction of sp³-hybridized carbons (Fsp3) is 0.750. The lowest BCUT2D eigenvalue weighted by Gasteiger charge is -2.31. The topological polar surface area (TPSA) is 98.8 Å². The molecule has 2 aliphatic carbocycles. The summed E-state index contributed by atoms with van der Waals surface area (Å²) in [5, 5.41) is 3.43. The van der Waals surface area contributed by atoms with E-state index in [0.717, 1.165) is 45.2 Å². The molecule has 4 rings (SSSR count). The molecule has 33 heavy (non-hydrogen) atoms. The van der Waals surface area contributed by atoms with Gasteiger partial charge in [-0.1, -0.05) is 13.0 Å². The van der Waals surface area contributed by atoms with E-state index in [9.17, 15) is 19.2 Å². The quantitative estimate of drug-likeness (QED) is 0.392. The minimum absolute atomic E-state index is 0.0192. The molecule has 4 aliphatic rings. The highest BCUT2D eigenvalue weighted by atomic mass is 32.2. The molecule has 8 nitrogen and oxygen atoms in total. The Labute approximate surface area is 200 Å². The standard InChI is InChI=1S/C24H36N4O4S/c1-3-17-14-24(17,23(32)26-33-18-8-9-18)25-22(31)19-7-5-13-28(19)21(30)11-10-20(29)27-12-4-6-16(2)15-27/h3,16-19H,1,4-15H2,2H3,(H,25,31)(H,26,32)/t16?,17?,19-,24?/m0/s1. The number of amides is 4. The van der Waals surface area contributed by atoms with Crippen LogP contribution in [-0.2, 0) is 19.2 Å². The van der Waals surface area contributed by atoms with E-state index in [2.05, 4.69) is 23.5 Å². The molecule has 2 aliphatic heterocycles. The number of piperidine rings is 1. The Morgan fingerprint density at radius 3 is 2.45 bits per heavy atom. The lowest BCUT2D eigenvalue weighted by Crippen LogP contribution is -2.55. The molecule has 2 N–H and O–H groups in total. The van der Waals surface area contributed by atoms with Crippen LogP contribution in [-0.4, -0.2) is 69.9 Å². The van der Waals surface area contributed by atoms with Crippen LogP contribution in [0.1, 0.15) is 64.7 Å². The van der Waals surface area contributed by atoms with Gasteiger partial charge in [0.25, 0.3) is 5.91 Å². The van der Waals surface area contributed by atoms with E-state index in [1.165, 1.54) is 11.9 Å². The van der Waals surface area contributed by atoms with Crippen molar-refractivity contribution in [3.8, 4) is 0 Å². The largest absolute Gasteiger partial charge is 0.342 e. The van der Waals surface area contributed by atoms with E-state index in [1.807, 2.05) is 4.90 Å².